The summed E-state index contributed by atoms with van der Waals surface area (Å²) in [4.78, 5) is 4.83. The molecule has 0 bridgehead atoms. The summed E-state index contributed by atoms with van der Waals surface area (Å²) >= 11 is 1.73. The van der Waals surface area contributed by atoms with Gasteiger partial charge in [0, 0.05) is 22.7 Å². The van der Waals surface area contributed by atoms with E-state index in [-0.39, 0.29) is 6.04 Å². The minimum atomic E-state index is 0.159. The summed E-state index contributed by atoms with van der Waals surface area (Å²) in [5.41, 5.74) is 9.30. The van der Waals surface area contributed by atoms with Gasteiger partial charge in [-0.05, 0) is 24.6 Å². The van der Waals surface area contributed by atoms with Crippen molar-refractivity contribution >= 4 is 22.7 Å². The van der Waals surface area contributed by atoms with Crippen LogP contribution < -0.4 is 5.73 Å². The monoisotopic (exact) mass is 294 g/mol. The second-order valence-electron chi connectivity index (χ2n) is 5.19. The zero-order valence-electron chi connectivity index (χ0n) is 12.0. The molecule has 1 heterocycles. The number of aromatic nitrogens is 1. The standard InChI is InChI=1S/C18H18N2S/c1-13(19)12-21-18-16(14-7-3-2-4-8-14)11-15-9-5-6-10-17(15)20-18/h2-11,13H,12,19H2,1H3. The zero-order chi connectivity index (χ0) is 14.7. The number of thioether (sulfide) groups is 1. The first-order valence-electron chi connectivity index (χ1n) is 7.07. The van der Waals surface area contributed by atoms with Gasteiger partial charge in [-0.2, -0.15) is 0 Å². The molecule has 0 spiro atoms. The molecule has 1 aromatic heterocycles. The molecule has 2 N–H and O–H groups in total. The highest BCUT2D eigenvalue weighted by Gasteiger charge is 2.10. The van der Waals surface area contributed by atoms with E-state index < -0.39 is 0 Å². The lowest BCUT2D eigenvalue weighted by Crippen LogP contribution is -2.17. The molecule has 0 aliphatic carbocycles. The Hall–Kier alpha value is -1.84. The minimum absolute atomic E-state index is 0.159. The molecule has 0 saturated carbocycles. The Morgan fingerprint density at radius 3 is 2.52 bits per heavy atom. The number of fused-ring (bicyclic) bond motifs is 1. The fourth-order valence-corrected chi connectivity index (χ4v) is 3.16. The van der Waals surface area contributed by atoms with Crippen LogP contribution in [0.5, 0.6) is 0 Å². The van der Waals surface area contributed by atoms with Crippen molar-refractivity contribution < 1.29 is 0 Å². The topological polar surface area (TPSA) is 38.9 Å². The maximum Gasteiger partial charge on any atom is 0.105 e. The van der Waals surface area contributed by atoms with Crippen LogP contribution in [-0.4, -0.2) is 16.8 Å². The molecule has 2 nitrogen and oxygen atoms in total. The molecular formula is C18H18N2S. The first kappa shape index (κ1) is 14.1. The number of hydrogen-bond acceptors (Lipinski definition) is 3. The highest BCUT2D eigenvalue weighted by atomic mass is 32.2. The summed E-state index contributed by atoms with van der Waals surface area (Å²) in [6.45, 7) is 2.02. The van der Waals surface area contributed by atoms with Crippen LogP contribution in [0.2, 0.25) is 0 Å². The van der Waals surface area contributed by atoms with Gasteiger partial charge in [0.15, 0.2) is 0 Å². The fourth-order valence-electron chi connectivity index (χ4n) is 2.24. The Kier molecular flexibility index (Phi) is 4.23. The highest BCUT2D eigenvalue weighted by Crippen LogP contribution is 2.32. The van der Waals surface area contributed by atoms with Crippen LogP contribution in [0.1, 0.15) is 6.92 Å². The molecule has 0 saturated heterocycles. The van der Waals surface area contributed by atoms with Crippen molar-refractivity contribution in [1.82, 2.24) is 4.98 Å². The number of hydrogen-bond donors (Lipinski definition) is 1. The molecule has 1 unspecified atom stereocenters. The van der Waals surface area contributed by atoms with E-state index in [0.29, 0.717) is 0 Å². The lowest BCUT2D eigenvalue weighted by Gasteiger charge is -2.12. The summed E-state index contributed by atoms with van der Waals surface area (Å²) in [5.74, 6) is 0.866. The van der Waals surface area contributed by atoms with Gasteiger partial charge in [-0.15, -0.1) is 11.8 Å². The van der Waals surface area contributed by atoms with E-state index >= 15 is 0 Å². The van der Waals surface area contributed by atoms with Gasteiger partial charge in [0.25, 0.3) is 0 Å². The Morgan fingerprint density at radius 2 is 1.76 bits per heavy atom. The molecule has 0 fully saturated rings. The van der Waals surface area contributed by atoms with Crippen LogP contribution in [0.3, 0.4) is 0 Å². The van der Waals surface area contributed by atoms with E-state index in [0.717, 1.165) is 16.3 Å². The van der Waals surface area contributed by atoms with Crippen LogP contribution >= 0.6 is 11.8 Å². The Balaban J connectivity index is 2.12. The Bertz CT molecular complexity index is 739. The summed E-state index contributed by atoms with van der Waals surface area (Å²) in [6, 6.07) is 21.0. The molecule has 21 heavy (non-hydrogen) atoms. The van der Waals surface area contributed by atoms with E-state index in [1.807, 2.05) is 25.1 Å². The van der Waals surface area contributed by atoms with Gasteiger partial charge in [-0.1, -0.05) is 48.5 Å². The maximum atomic E-state index is 5.89. The van der Waals surface area contributed by atoms with E-state index in [9.17, 15) is 0 Å². The quantitative estimate of drug-likeness (QED) is 0.727. The molecule has 0 aliphatic rings. The van der Waals surface area contributed by atoms with Crippen LogP contribution in [-0.2, 0) is 0 Å². The van der Waals surface area contributed by atoms with Gasteiger partial charge >= 0.3 is 0 Å². The van der Waals surface area contributed by atoms with Crippen molar-refractivity contribution in [3.8, 4) is 11.1 Å². The largest absolute Gasteiger partial charge is 0.327 e. The number of rotatable bonds is 4. The normalized spacial score (nSPS) is 12.5. The SMILES string of the molecule is CC(N)CSc1nc2ccccc2cc1-c1ccccc1. The van der Waals surface area contributed by atoms with Crippen LogP contribution in [0, 0.1) is 0 Å². The maximum absolute atomic E-state index is 5.89. The Labute approximate surface area is 129 Å². The molecular weight excluding hydrogens is 276 g/mol. The second kappa shape index (κ2) is 6.29. The molecule has 3 rings (SSSR count). The Morgan fingerprint density at radius 1 is 1.05 bits per heavy atom. The molecule has 106 valence electrons. The summed E-state index contributed by atoms with van der Waals surface area (Å²) in [6.07, 6.45) is 0. The third kappa shape index (κ3) is 3.26. The van der Waals surface area contributed by atoms with Gasteiger partial charge < -0.3 is 5.73 Å². The summed E-state index contributed by atoms with van der Waals surface area (Å²) in [7, 11) is 0. The molecule has 0 radical (unpaired) electrons. The van der Waals surface area contributed by atoms with Crippen LogP contribution in [0.15, 0.2) is 65.7 Å². The molecule has 1 atom stereocenters. The third-order valence-electron chi connectivity index (χ3n) is 3.26. The molecule has 0 aliphatic heterocycles. The smallest absolute Gasteiger partial charge is 0.105 e. The van der Waals surface area contributed by atoms with Crippen molar-refractivity contribution in [3.05, 3.63) is 60.7 Å². The second-order valence-corrected chi connectivity index (χ2v) is 6.20. The molecule has 0 amide bonds. The van der Waals surface area contributed by atoms with Crippen molar-refractivity contribution in [1.29, 1.82) is 0 Å². The zero-order valence-corrected chi connectivity index (χ0v) is 12.8. The third-order valence-corrected chi connectivity index (χ3v) is 4.53. The van der Waals surface area contributed by atoms with E-state index in [1.165, 1.54) is 16.5 Å². The van der Waals surface area contributed by atoms with Crippen molar-refractivity contribution in [2.24, 2.45) is 5.73 Å². The lowest BCUT2D eigenvalue weighted by atomic mass is 10.1. The van der Waals surface area contributed by atoms with E-state index in [4.69, 9.17) is 10.7 Å². The predicted molar refractivity (Wildman–Crippen MR) is 91.6 cm³/mol. The van der Waals surface area contributed by atoms with E-state index in [2.05, 4.69) is 42.5 Å². The van der Waals surface area contributed by atoms with Crippen molar-refractivity contribution in [2.75, 3.05) is 5.75 Å². The van der Waals surface area contributed by atoms with Gasteiger partial charge in [0.05, 0.1) is 5.52 Å². The van der Waals surface area contributed by atoms with E-state index in [1.54, 1.807) is 11.8 Å². The predicted octanol–water partition coefficient (Wildman–Crippen LogP) is 4.34. The van der Waals surface area contributed by atoms with Gasteiger partial charge in [0.1, 0.15) is 5.03 Å². The average molecular weight is 294 g/mol. The number of benzene rings is 2. The van der Waals surface area contributed by atoms with Gasteiger partial charge in [0.2, 0.25) is 0 Å². The molecule has 2 aromatic carbocycles. The lowest BCUT2D eigenvalue weighted by molar-refractivity contribution is 0.846. The highest BCUT2D eigenvalue weighted by molar-refractivity contribution is 7.99. The average Bonchev–Trinajstić information content (AvgIpc) is 2.53. The number of para-hydroxylation sites is 1. The number of nitrogens with two attached hydrogens (primary N) is 1. The fraction of sp³-hybridized carbons (Fsp3) is 0.167. The van der Waals surface area contributed by atoms with Crippen LogP contribution in [0.25, 0.3) is 22.0 Å². The first-order valence-corrected chi connectivity index (χ1v) is 8.06. The minimum Gasteiger partial charge on any atom is -0.327 e. The van der Waals surface area contributed by atoms with Crippen molar-refractivity contribution in [3.63, 3.8) is 0 Å². The molecule has 3 aromatic rings. The van der Waals surface area contributed by atoms with Gasteiger partial charge in [-0.3, -0.25) is 0 Å². The van der Waals surface area contributed by atoms with Crippen LogP contribution in [0.4, 0.5) is 0 Å². The number of pyridine rings is 1. The number of nitrogens with zero attached hydrogens (tertiary/aromatic N) is 1. The van der Waals surface area contributed by atoms with Gasteiger partial charge in [-0.25, -0.2) is 4.98 Å². The summed E-state index contributed by atoms with van der Waals surface area (Å²) < 4.78 is 0. The van der Waals surface area contributed by atoms with Crippen molar-refractivity contribution in [2.45, 2.75) is 18.0 Å². The summed E-state index contributed by atoms with van der Waals surface area (Å²) in [5, 5.41) is 2.22. The molecule has 3 heteroatoms. The first-order chi connectivity index (χ1) is 10.2.